The van der Waals surface area contributed by atoms with Crippen molar-refractivity contribution in [2.24, 2.45) is 17.4 Å². The van der Waals surface area contributed by atoms with Gasteiger partial charge in [-0.05, 0) is 54.5 Å². The lowest BCUT2D eigenvalue weighted by atomic mass is 9.88. The zero-order chi connectivity index (χ0) is 24.7. The van der Waals surface area contributed by atoms with Gasteiger partial charge in [0.1, 0.15) is 24.2 Å². The van der Waals surface area contributed by atoms with Crippen molar-refractivity contribution in [3.05, 3.63) is 70.8 Å². The number of primary amides is 1. The van der Waals surface area contributed by atoms with Crippen LogP contribution in [0.5, 0.6) is 5.75 Å². The molecule has 0 spiro atoms. The molecular weight excluding hydrogens is 428 g/mol. The van der Waals surface area contributed by atoms with Crippen LogP contribution in [0.1, 0.15) is 56.2 Å². The van der Waals surface area contributed by atoms with Crippen LogP contribution in [0.25, 0.3) is 5.70 Å². The number of carbonyl (C=O) groups excluding carboxylic acids is 2. The number of hydrogen-bond acceptors (Lipinski definition) is 5. The summed E-state index contributed by atoms with van der Waals surface area (Å²) in [5, 5.41) is 11.3. The minimum Gasteiger partial charge on any atom is -0.485 e. The Balaban J connectivity index is 1.80. The van der Waals surface area contributed by atoms with Gasteiger partial charge >= 0.3 is 0 Å². The lowest BCUT2D eigenvalue weighted by molar-refractivity contribution is -0.124. The highest BCUT2D eigenvalue weighted by atomic mass is 16.5. The second kappa shape index (κ2) is 11.5. The molecule has 0 aromatic heterocycles. The Kier molecular flexibility index (Phi) is 8.46. The van der Waals surface area contributed by atoms with Gasteiger partial charge < -0.3 is 21.5 Å². The topological polar surface area (TPSA) is 131 Å². The van der Waals surface area contributed by atoms with Crippen LogP contribution in [-0.2, 0) is 16.0 Å². The molecule has 2 unspecified atom stereocenters. The van der Waals surface area contributed by atoms with Gasteiger partial charge in [-0.15, -0.1) is 0 Å². The second-order valence-electron chi connectivity index (χ2n) is 8.81. The fraction of sp³-hybridized carbons (Fsp3) is 0.370. The maximum Gasteiger partial charge on any atom is 0.240 e. The van der Waals surface area contributed by atoms with E-state index < -0.39 is 11.9 Å². The first-order valence-corrected chi connectivity index (χ1v) is 11.8. The van der Waals surface area contributed by atoms with Gasteiger partial charge in [0.2, 0.25) is 5.91 Å². The van der Waals surface area contributed by atoms with E-state index in [0.717, 1.165) is 42.5 Å². The van der Waals surface area contributed by atoms with E-state index >= 15 is 0 Å². The number of ether oxygens (including phenoxy) is 1. The molecule has 2 aromatic rings. The largest absolute Gasteiger partial charge is 0.485 e. The average molecular weight is 463 g/mol. The monoisotopic (exact) mass is 462 g/mol. The molecule has 7 nitrogen and oxygen atoms in total. The summed E-state index contributed by atoms with van der Waals surface area (Å²) >= 11 is 0. The van der Waals surface area contributed by atoms with Crippen molar-refractivity contribution in [3.63, 3.8) is 0 Å². The van der Waals surface area contributed by atoms with E-state index in [4.69, 9.17) is 21.6 Å². The summed E-state index contributed by atoms with van der Waals surface area (Å²) in [5.74, 6) is -0.351. The van der Waals surface area contributed by atoms with E-state index in [-0.39, 0.29) is 24.1 Å². The molecule has 180 valence electrons. The molecule has 1 aliphatic carbocycles. The van der Waals surface area contributed by atoms with Gasteiger partial charge in [0.25, 0.3) is 0 Å². The SMILES string of the molecule is CCC(C)C(=O)COc1ccc(CC(NC(=C2CCC2)c2ccccc2)C(N)=O)cc1C(=N)N. The molecule has 1 fully saturated rings. The van der Waals surface area contributed by atoms with Crippen LogP contribution in [0.3, 0.4) is 0 Å². The smallest absolute Gasteiger partial charge is 0.240 e. The molecule has 6 N–H and O–H groups in total. The van der Waals surface area contributed by atoms with Crippen LogP contribution in [0.4, 0.5) is 0 Å². The van der Waals surface area contributed by atoms with Gasteiger partial charge in [0.15, 0.2) is 5.78 Å². The van der Waals surface area contributed by atoms with Crippen molar-refractivity contribution in [2.75, 3.05) is 6.61 Å². The third-order valence-electron chi connectivity index (χ3n) is 6.34. The predicted octanol–water partition coefficient (Wildman–Crippen LogP) is 3.55. The summed E-state index contributed by atoms with van der Waals surface area (Å²) in [6, 6.07) is 14.5. The summed E-state index contributed by atoms with van der Waals surface area (Å²) in [6.45, 7) is 3.74. The van der Waals surface area contributed by atoms with Gasteiger partial charge in [-0.1, -0.05) is 50.2 Å². The molecule has 3 rings (SSSR count). The molecule has 0 heterocycles. The third kappa shape index (κ3) is 6.25. The molecule has 34 heavy (non-hydrogen) atoms. The first-order valence-electron chi connectivity index (χ1n) is 11.8. The summed E-state index contributed by atoms with van der Waals surface area (Å²) in [4.78, 5) is 24.5. The summed E-state index contributed by atoms with van der Waals surface area (Å²) in [7, 11) is 0. The fourth-order valence-electron chi connectivity index (χ4n) is 3.79. The molecule has 0 radical (unpaired) electrons. The number of amides is 1. The van der Waals surface area contributed by atoms with Crippen molar-refractivity contribution in [2.45, 2.75) is 52.0 Å². The van der Waals surface area contributed by atoms with E-state index in [9.17, 15) is 9.59 Å². The molecule has 2 atom stereocenters. The Labute approximate surface area is 201 Å². The van der Waals surface area contributed by atoms with Crippen LogP contribution < -0.4 is 21.5 Å². The Morgan fingerprint density at radius 2 is 1.82 bits per heavy atom. The number of nitrogen functional groups attached to an aromatic ring is 1. The highest BCUT2D eigenvalue weighted by Gasteiger charge is 2.23. The molecule has 7 heteroatoms. The molecule has 0 aliphatic heterocycles. The Morgan fingerprint density at radius 1 is 1.12 bits per heavy atom. The van der Waals surface area contributed by atoms with Crippen molar-refractivity contribution in [1.82, 2.24) is 5.32 Å². The predicted molar refractivity (Wildman–Crippen MR) is 134 cm³/mol. The van der Waals surface area contributed by atoms with Gasteiger partial charge in [0.05, 0.1) is 5.56 Å². The number of hydrogen-bond donors (Lipinski definition) is 4. The quantitative estimate of drug-likeness (QED) is 0.283. The van der Waals surface area contributed by atoms with E-state index in [1.54, 1.807) is 12.1 Å². The van der Waals surface area contributed by atoms with E-state index in [1.807, 2.05) is 50.2 Å². The summed E-state index contributed by atoms with van der Waals surface area (Å²) in [6.07, 6.45) is 4.20. The van der Waals surface area contributed by atoms with E-state index in [1.165, 1.54) is 5.57 Å². The minimum atomic E-state index is -0.637. The Hall–Kier alpha value is -3.61. The molecule has 2 aromatic carbocycles. The van der Waals surface area contributed by atoms with Crippen molar-refractivity contribution >= 4 is 23.2 Å². The van der Waals surface area contributed by atoms with Crippen molar-refractivity contribution < 1.29 is 14.3 Å². The maximum absolute atomic E-state index is 12.4. The molecule has 0 bridgehead atoms. The van der Waals surface area contributed by atoms with Gasteiger partial charge in [-0.3, -0.25) is 15.0 Å². The lowest BCUT2D eigenvalue weighted by Crippen LogP contribution is -2.42. The van der Waals surface area contributed by atoms with Crippen molar-refractivity contribution in [3.8, 4) is 5.75 Å². The van der Waals surface area contributed by atoms with Crippen LogP contribution >= 0.6 is 0 Å². The van der Waals surface area contributed by atoms with Crippen LogP contribution in [0, 0.1) is 11.3 Å². The first kappa shape index (κ1) is 25.0. The highest BCUT2D eigenvalue weighted by Crippen LogP contribution is 2.32. The Morgan fingerprint density at radius 3 is 2.38 bits per heavy atom. The van der Waals surface area contributed by atoms with Gasteiger partial charge in [0, 0.05) is 18.0 Å². The van der Waals surface area contributed by atoms with Gasteiger partial charge in [-0.2, -0.15) is 0 Å². The standard InChI is InChI=1S/C27H34N4O3/c1-3-17(2)23(32)16-34-24-13-12-18(14-21(24)26(28)29)15-22(27(30)33)31-25(20-10-7-11-20)19-8-5-4-6-9-19/h4-6,8-9,12-14,17,22,31H,3,7,10-11,15-16H2,1-2H3,(H3,28,29)(H2,30,33). The molecular formula is C27H34N4O3. The zero-order valence-electron chi connectivity index (χ0n) is 19.9. The van der Waals surface area contributed by atoms with Crippen LogP contribution in [-0.4, -0.2) is 30.2 Å². The normalized spacial score (nSPS) is 14.5. The number of Topliss-reactive ketones (excluding diaryl/α,β-unsaturated/α-hetero) is 1. The van der Waals surface area contributed by atoms with Crippen LogP contribution in [0.2, 0.25) is 0 Å². The van der Waals surface area contributed by atoms with E-state index in [2.05, 4.69) is 5.32 Å². The summed E-state index contributed by atoms with van der Waals surface area (Å²) in [5.41, 5.74) is 16.0. The minimum absolute atomic E-state index is 0.00320. The zero-order valence-corrected chi connectivity index (χ0v) is 19.9. The number of ketones is 1. The summed E-state index contributed by atoms with van der Waals surface area (Å²) < 4.78 is 5.68. The van der Waals surface area contributed by atoms with E-state index in [0.29, 0.717) is 17.7 Å². The van der Waals surface area contributed by atoms with Gasteiger partial charge in [-0.25, -0.2) is 0 Å². The second-order valence-corrected chi connectivity index (χ2v) is 8.81. The number of nitrogens with one attached hydrogen (secondary N) is 2. The third-order valence-corrected chi connectivity index (χ3v) is 6.34. The molecule has 0 saturated heterocycles. The first-order chi connectivity index (χ1) is 16.3. The number of rotatable bonds is 12. The average Bonchev–Trinajstić information content (AvgIpc) is 2.80. The molecule has 1 aliphatic rings. The fourth-order valence-corrected chi connectivity index (χ4v) is 3.79. The lowest BCUT2D eigenvalue weighted by Gasteiger charge is -2.27. The Bertz CT molecular complexity index is 1070. The number of amidine groups is 1. The molecule has 1 saturated carbocycles. The van der Waals surface area contributed by atoms with Crippen molar-refractivity contribution in [1.29, 1.82) is 5.41 Å². The maximum atomic E-state index is 12.4. The van der Waals surface area contributed by atoms with Crippen LogP contribution in [0.15, 0.2) is 54.1 Å². The number of carbonyl (C=O) groups is 2. The molecule has 1 amide bonds. The highest BCUT2D eigenvalue weighted by molar-refractivity contribution is 5.98. The number of benzene rings is 2. The number of nitrogens with two attached hydrogens (primary N) is 2. The number of allylic oxidation sites excluding steroid dienone is 1.